The maximum absolute atomic E-state index is 11.3. The fourth-order valence-corrected chi connectivity index (χ4v) is 1.33. The van der Waals surface area contributed by atoms with Crippen LogP contribution in [0.15, 0.2) is 0 Å². The topological polar surface area (TPSA) is 56.1 Å². The van der Waals surface area contributed by atoms with Gasteiger partial charge in [0.15, 0.2) is 0 Å². The highest BCUT2D eigenvalue weighted by Gasteiger charge is 2.36. The van der Waals surface area contributed by atoms with E-state index >= 15 is 0 Å². The molecule has 1 amide bonds. The first-order chi connectivity index (χ1) is 6.63. The molecule has 0 spiro atoms. The van der Waals surface area contributed by atoms with Crippen molar-refractivity contribution in [3.05, 3.63) is 0 Å². The van der Waals surface area contributed by atoms with E-state index in [0.717, 1.165) is 0 Å². The van der Waals surface area contributed by atoms with Crippen LogP contribution in [0.1, 0.15) is 26.7 Å². The predicted molar refractivity (Wildman–Crippen MR) is 55.6 cm³/mol. The Labute approximate surface area is 85.9 Å². The van der Waals surface area contributed by atoms with Gasteiger partial charge < -0.3 is 10.2 Å². The quantitative estimate of drug-likeness (QED) is 0.674. The number of nitrogens with zero attached hydrogens (tertiary/aromatic N) is 2. The molecular weight excluding hydrogens is 178 g/mol. The SMILES string of the molecule is CC.CNC1(C#N)CCN(C)C(=O)C1. The number of amides is 1. The molecule has 1 saturated heterocycles. The molecular formula is C10H19N3O. The minimum Gasteiger partial charge on any atom is -0.346 e. The summed E-state index contributed by atoms with van der Waals surface area (Å²) >= 11 is 0. The molecule has 0 aromatic carbocycles. The highest BCUT2D eigenvalue weighted by atomic mass is 16.2. The molecule has 0 saturated carbocycles. The Balaban J connectivity index is 0.000000791. The molecule has 80 valence electrons. The number of hydrogen-bond acceptors (Lipinski definition) is 3. The third kappa shape index (κ3) is 2.71. The summed E-state index contributed by atoms with van der Waals surface area (Å²) < 4.78 is 0. The average Bonchev–Trinajstić information content (AvgIpc) is 2.25. The average molecular weight is 197 g/mol. The van der Waals surface area contributed by atoms with Crippen LogP contribution >= 0.6 is 0 Å². The molecule has 0 radical (unpaired) electrons. The summed E-state index contributed by atoms with van der Waals surface area (Å²) in [6.45, 7) is 4.66. The van der Waals surface area contributed by atoms with E-state index in [1.165, 1.54) is 0 Å². The van der Waals surface area contributed by atoms with Crippen LogP contribution in [0.25, 0.3) is 0 Å². The Morgan fingerprint density at radius 3 is 2.50 bits per heavy atom. The van der Waals surface area contributed by atoms with Gasteiger partial charge in [-0.15, -0.1) is 0 Å². The Morgan fingerprint density at radius 2 is 2.14 bits per heavy atom. The first-order valence-electron chi connectivity index (χ1n) is 4.98. The molecule has 1 aliphatic heterocycles. The molecule has 1 aliphatic rings. The summed E-state index contributed by atoms with van der Waals surface area (Å²) in [6, 6.07) is 2.16. The van der Waals surface area contributed by atoms with Crippen LogP contribution in [0.4, 0.5) is 0 Å². The predicted octanol–water partition coefficient (Wildman–Crippen LogP) is 0.747. The number of likely N-dealkylation sites (tertiary alicyclic amines) is 1. The van der Waals surface area contributed by atoms with Crippen LogP contribution in [0.2, 0.25) is 0 Å². The van der Waals surface area contributed by atoms with E-state index in [1.54, 1.807) is 19.0 Å². The number of nitrogens with one attached hydrogen (secondary N) is 1. The lowest BCUT2D eigenvalue weighted by Gasteiger charge is -2.34. The Morgan fingerprint density at radius 1 is 1.57 bits per heavy atom. The van der Waals surface area contributed by atoms with Crippen molar-refractivity contribution < 1.29 is 4.79 Å². The molecule has 4 heteroatoms. The number of rotatable bonds is 1. The molecule has 1 unspecified atom stereocenters. The number of carbonyl (C=O) groups excluding carboxylic acids is 1. The normalized spacial score (nSPS) is 26.2. The van der Waals surface area contributed by atoms with Crippen LogP contribution in [0.5, 0.6) is 0 Å². The van der Waals surface area contributed by atoms with Gasteiger partial charge in [-0.2, -0.15) is 5.26 Å². The Hall–Kier alpha value is -1.08. The van der Waals surface area contributed by atoms with Gasteiger partial charge in [-0.1, -0.05) is 13.8 Å². The van der Waals surface area contributed by atoms with Gasteiger partial charge in [-0.3, -0.25) is 4.79 Å². The van der Waals surface area contributed by atoms with E-state index in [2.05, 4.69) is 11.4 Å². The molecule has 1 N–H and O–H groups in total. The molecule has 1 heterocycles. The Kier molecular flexibility index (Phi) is 5.18. The van der Waals surface area contributed by atoms with Gasteiger partial charge in [0.1, 0.15) is 5.54 Å². The van der Waals surface area contributed by atoms with E-state index in [4.69, 9.17) is 5.26 Å². The van der Waals surface area contributed by atoms with Crippen LogP contribution in [0.3, 0.4) is 0 Å². The summed E-state index contributed by atoms with van der Waals surface area (Å²) in [5.41, 5.74) is -0.621. The van der Waals surface area contributed by atoms with Crippen molar-refractivity contribution in [2.45, 2.75) is 32.2 Å². The largest absolute Gasteiger partial charge is 0.346 e. The van der Waals surface area contributed by atoms with E-state index in [1.807, 2.05) is 13.8 Å². The third-order valence-corrected chi connectivity index (χ3v) is 2.45. The van der Waals surface area contributed by atoms with Crippen molar-refractivity contribution in [3.63, 3.8) is 0 Å². The molecule has 0 aromatic heterocycles. The lowest BCUT2D eigenvalue weighted by atomic mass is 9.89. The van der Waals surface area contributed by atoms with E-state index < -0.39 is 5.54 Å². The number of hydrogen-bond donors (Lipinski definition) is 1. The second kappa shape index (κ2) is 5.61. The van der Waals surface area contributed by atoms with Gasteiger partial charge in [-0.05, 0) is 13.5 Å². The van der Waals surface area contributed by atoms with Crippen molar-refractivity contribution in [1.29, 1.82) is 5.26 Å². The van der Waals surface area contributed by atoms with Crippen molar-refractivity contribution in [3.8, 4) is 6.07 Å². The van der Waals surface area contributed by atoms with Gasteiger partial charge >= 0.3 is 0 Å². The summed E-state index contributed by atoms with van der Waals surface area (Å²) in [4.78, 5) is 12.9. The van der Waals surface area contributed by atoms with E-state index in [-0.39, 0.29) is 12.3 Å². The van der Waals surface area contributed by atoms with Gasteiger partial charge in [0.2, 0.25) is 5.91 Å². The summed E-state index contributed by atoms with van der Waals surface area (Å²) in [7, 11) is 3.49. The summed E-state index contributed by atoms with van der Waals surface area (Å²) in [6.07, 6.45) is 0.999. The molecule has 0 aromatic rings. The smallest absolute Gasteiger partial charge is 0.225 e. The maximum Gasteiger partial charge on any atom is 0.225 e. The first kappa shape index (κ1) is 12.9. The van der Waals surface area contributed by atoms with Crippen molar-refractivity contribution in [2.75, 3.05) is 20.6 Å². The van der Waals surface area contributed by atoms with E-state index in [0.29, 0.717) is 13.0 Å². The lowest BCUT2D eigenvalue weighted by Crippen LogP contribution is -2.52. The summed E-state index contributed by atoms with van der Waals surface area (Å²) in [5.74, 6) is 0.0390. The third-order valence-electron chi connectivity index (χ3n) is 2.45. The van der Waals surface area contributed by atoms with Gasteiger partial charge in [0, 0.05) is 13.6 Å². The molecule has 1 atom stereocenters. The first-order valence-corrected chi connectivity index (χ1v) is 4.98. The zero-order valence-corrected chi connectivity index (χ0v) is 9.42. The van der Waals surface area contributed by atoms with Crippen LogP contribution in [-0.2, 0) is 4.79 Å². The lowest BCUT2D eigenvalue weighted by molar-refractivity contribution is -0.133. The highest BCUT2D eigenvalue weighted by Crippen LogP contribution is 2.20. The monoisotopic (exact) mass is 197 g/mol. The molecule has 4 nitrogen and oxygen atoms in total. The fraction of sp³-hybridized carbons (Fsp3) is 0.800. The van der Waals surface area contributed by atoms with E-state index in [9.17, 15) is 4.79 Å². The maximum atomic E-state index is 11.3. The Bertz CT molecular complexity index is 234. The molecule has 0 aliphatic carbocycles. The zero-order valence-electron chi connectivity index (χ0n) is 9.42. The minimum atomic E-state index is -0.621. The van der Waals surface area contributed by atoms with Crippen LogP contribution in [0, 0.1) is 11.3 Å². The van der Waals surface area contributed by atoms with Crippen LogP contribution < -0.4 is 5.32 Å². The molecule has 0 bridgehead atoms. The van der Waals surface area contributed by atoms with Gasteiger partial charge in [0.25, 0.3) is 0 Å². The molecule has 14 heavy (non-hydrogen) atoms. The second-order valence-corrected chi connectivity index (χ2v) is 3.19. The van der Waals surface area contributed by atoms with Gasteiger partial charge in [-0.25, -0.2) is 0 Å². The molecule has 1 rings (SSSR count). The molecule has 1 fully saturated rings. The number of nitriles is 1. The highest BCUT2D eigenvalue weighted by molar-refractivity contribution is 5.78. The zero-order chi connectivity index (χ0) is 11.2. The second-order valence-electron chi connectivity index (χ2n) is 3.19. The standard InChI is InChI=1S/C8H13N3O.C2H6/c1-10-8(6-9)3-4-11(2)7(12)5-8;1-2/h10H,3-5H2,1-2H3;1-2H3. The van der Waals surface area contributed by atoms with Gasteiger partial charge in [0.05, 0.1) is 12.5 Å². The fourth-order valence-electron chi connectivity index (χ4n) is 1.33. The summed E-state index contributed by atoms with van der Waals surface area (Å²) in [5, 5.41) is 11.8. The van der Waals surface area contributed by atoms with Crippen molar-refractivity contribution in [2.24, 2.45) is 0 Å². The van der Waals surface area contributed by atoms with Crippen molar-refractivity contribution >= 4 is 5.91 Å². The van der Waals surface area contributed by atoms with Crippen molar-refractivity contribution in [1.82, 2.24) is 10.2 Å². The number of piperidine rings is 1. The number of carbonyl (C=O) groups is 1. The minimum absolute atomic E-state index is 0.0390. The van der Waals surface area contributed by atoms with Crippen LogP contribution in [-0.4, -0.2) is 37.0 Å².